The van der Waals surface area contributed by atoms with Crippen molar-refractivity contribution in [2.45, 2.75) is 24.8 Å². The van der Waals surface area contributed by atoms with Gasteiger partial charge in [0.2, 0.25) is 15.9 Å². The molecule has 0 saturated heterocycles. The van der Waals surface area contributed by atoms with Crippen LogP contribution in [0.2, 0.25) is 0 Å². The number of fused-ring (bicyclic) bond motifs is 2. The average Bonchev–Trinajstić information content (AvgIpc) is 3.10. The van der Waals surface area contributed by atoms with Crippen LogP contribution in [0, 0.1) is 0 Å². The van der Waals surface area contributed by atoms with Gasteiger partial charge in [0, 0.05) is 25.7 Å². The Labute approximate surface area is 158 Å². The van der Waals surface area contributed by atoms with Gasteiger partial charge in [-0.1, -0.05) is 42.5 Å². The van der Waals surface area contributed by atoms with Gasteiger partial charge in [0.1, 0.15) is 0 Å². The molecule has 1 heterocycles. The maximum absolute atomic E-state index is 12.8. The Hall–Kier alpha value is -2.70. The second-order valence-electron chi connectivity index (χ2n) is 6.67. The zero-order valence-corrected chi connectivity index (χ0v) is 15.8. The summed E-state index contributed by atoms with van der Waals surface area (Å²) >= 11 is 0. The first-order valence-corrected chi connectivity index (χ1v) is 10.3. The minimum atomic E-state index is -3.64. The monoisotopic (exact) mass is 380 g/mol. The van der Waals surface area contributed by atoms with Crippen LogP contribution in [0.3, 0.4) is 0 Å². The van der Waals surface area contributed by atoms with E-state index in [1.807, 2.05) is 42.5 Å². The Kier molecular flexibility index (Phi) is 4.45. The number of hydrogen-bond donors (Lipinski definition) is 1. The van der Waals surface area contributed by atoms with E-state index in [9.17, 15) is 13.2 Å². The molecule has 0 aliphatic carbocycles. The first kappa shape index (κ1) is 17.7. The number of benzene rings is 3. The van der Waals surface area contributed by atoms with E-state index in [0.29, 0.717) is 13.0 Å². The SMILES string of the molecule is CC(=O)N1CCc2cc(S(=O)(=O)NCc3cccc4ccccc34)ccc21. The lowest BCUT2D eigenvalue weighted by atomic mass is 10.1. The van der Waals surface area contributed by atoms with E-state index in [-0.39, 0.29) is 17.3 Å². The van der Waals surface area contributed by atoms with E-state index in [1.165, 1.54) is 6.92 Å². The highest BCUT2D eigenvalue weighted by atomic mass is 32.2. The smallest absolute Gasteiger partial charge is 0.240 e. The van der Waals surface area contributed by atoms with E-state index in [4.69, 9.17) is 0 Å². The second-order valence-corrected chi connectivity index (χ2v) is 8.44. The number of carbonyl (C=O) groups excluding carboxylic acids is 1. The molecule has 3 aromatic rings. The first-order chi connectivity index (χ1) is 13.0. The van der Waals surface area contributed by atoms with Gasteiger partial charge >= 0.3 is 0 Å². The number of nitrogens with one attached hydrogen (secondary N) is 1. The van der Waals surface area contributed by atoms with Crippen molar-refractivity contribution in [3.05, 3.63) is 71.8 Å². The number of amides is 1. The summed E-state index contributed by atoms with van der Waals surface area (Å²) in [7, 11) is -3.64. The summed E-state index contributed by atoms with van der Waals surface area (Å²) in [4.78, 5) is 13.6. The molecule has 0 aromatic heterocycles. The summed E-state index contributed by atoms with van der Waals surface area (Å²) < 4.78 is 28.2. The molecule has 0 radical (unpaired) electrons. The molecule has 0 unspecified atom stereocenters. The molecule has 0 saturated carbocycles. The number of anilines is 1. The number of hydrogen-bond acceptors (Lipinski definition) is 3. The summed E-state index contributed by atoms with van der Waals surface area (Å²) in [6.45, 7) is 2.34. The van der Waals surface area contributed by atoms with Crippen molar-refractivity contribution in [3.63, 3.8) is 0 Å². The fourth-order valence-corrected chi connectivity index (χ4v) is 4.63. The molecule has 4 rings (SSSR count). The molecule has 0 fully saturated rings. The van der Waals surface area contributed by atoms with E-state index >= 15 is 0 Å². The van der Waals surface area contributed by atoms with Gasteiger partial charge in [0.25, 0.3) is 0 Å². The lowest BCUT2D eigenvalue weighted by molar-refractivity contribution is -0.116. The molecule has 6 heteroatoms. The number of carbonyl (C=O) groups is 1. The summed E-state index contributed by atoms with van der Waals surface area (Å²) in [5, 5.41) is 2.12. The van der Waals surface area contributed by atoms with E-state index in [1.54, 1.807) is 23.1 Å². The molecule has 1 amide bonds. The summed E-state index contributed by atoms with van der Waals surface area (Å²) in [6.07, 6.45) is 0.668. The zero-order valence-electron chi connectivity index (χ0n) is 15.0. The van der Waals surface area contributed by atoms with Crippen LogP contribution in [0.15, 0.2) is 65.6 Å². The lowest BCUT2D eigenvalue weighted by Crippen LogP contribution is -2.26. The van der Waals surface area contributed by atoms with Crippen LogP contribution >= 0.6 is 0 Å². The molecule has 138 valence electrons. The molecule has 27 heavy (non-hydrogen) atoms. The van der Waals surface area contributed by atoms with Crippen LogP contribution in [-0.4, -0.2) is 20.9 Å². The molecule has 5 nitrogen and oxygen atoms in total. The second kappa shape index (κ2) is 6.79. The Morgan fingerprint density at radius 2 is 1.85 bits per heavy atom. The van der Waals surface area contributed by atoms with Crippen molar-refractivity contribution in [2.75, 3.05) is 11.4 Å². The highest BCUT2D eigenvalue weighted by Crippen LogP contribution is 2.30. The summed E-state index contributed by atoms with van der Waals surface area (Å²) in [5.41, 5.74) is 2.62. The van der Waals surface area contributed by atoms with Crippen molar-refractivity contribution in [2.24, 2.45) is 0 Å². The van der Waals surface area contributed by atoms with Crippen molar-refractivity contribution in [1.29, 1.82) is 0 Å². The fraction of sp³-hybridized carbons (Fsp3) is 0.190. The van der Waals surface area contributed by atoms with Crippen molar-refractivity contribution in [1.82, 2.24) is 4.72 Å². The summed E-state index contributed by atoms with van der Waals surface area (Å²) in [5.74, 6) is -0.0292. The standard InChI is InChI=1S/C21H20N2O3S/c1-15(24)23-12-11-17-13-19(9-10-21(17)23)27(25,26)22-14-18-7-4-6-16-5-2-3-8-20(16)18/h2-10,13,22H,11-12,14H2,1H3. The minimum absolute atomic E-state index is 0.0292. The Morgan fingerprint density at radius 1 is 1.07 bits per heavy atom. The average molecular weight is 380 g/mol. The third-order valence-corrected chi connectivity index (χ3v) is 6.37. The Bertz CT molecular complexity index is 1130. The van der Waals surface area contributed by atoms with Crippen LogP contribution in [0.1, 0.15) is 18.1 Å². The highest BCUT2D eigenvalue weighted by Gasteiger charge is 2.24. The van der Waals surface area contributed by atoms with E-state index in [2.05, 4.69) is 4.72 Å². The van der Waals surface area contributed by atoms with Crippen LogP contribution in [0.4, 0.5) is 5.69 Å². The van der Waals surface area contributed by atoms with Crippen molar-refractivity contribution < 1.29 is 13.2 Å². The molecule has 0 spiro atoms. The first-order valence-electron chi connectivity index (χ1n) is 8.83. The molecular formula is C21H20N2O3S. The quantitative estimate of drug-likeness (QED) is 0.756. The molecule has 0 bridgehead atoms. The largest absolute Gasteiger partial charge is 0.312 e. The Balaban J connectivity index is 1.58. The van der Waals surface area contributed by atoms with Gasteiger partial charge in [-0.25, -0.2) is 13.1 Å². The summed E-state index contributed by atoms with van der Waals surface area (Å²) in [6, 6.07) is 18.7. The van der Waals surface area contributed by atoms with Gasteiger partial charge in [-0.2, -0.15) is 0 Å². The minimum Gasteiger partial charge on any atom is -0.312 e. The van der Waals surface area contributed by atoms with Crippen LogP contribution in [-0.2, 0) is 27.8 Å². The van der Waals surface area contributed by atoms with Gasteiger partial charge in [-0.3, -0.25) is 4.79 Å². The molecule has 0 atom stereocenters. The van der Waals surface area contributed by atoms with Gasteiger partial charge in [0.05, 0.1) is 4.90 Å². The van der Waals surface area contributed by atoms with Gasteiger partial charge in [-0.05, 0) is 46.5 Å². The van der Waals surface area contributed by atoms with Crippen LogP contribution < -0.4 is 9.62 Å². The topological polar surface area (TPSA) is 66.5 Å². The zero-order chi connectivity index (χ0) is 19.0. The lowest BCUT2D eigenvalue weighted by Gasteiger charge is -2.15. The van der Waals surface area contributed by atoms with Crippen molar-refractivity contribution in [3.8, 4) is 0 Å². The third kappa shape index (κ3) is 3.34. The predicted octanol–water partition coefficient (Wildman–Crippen LogP) is 3.23. The molecule has 1 aliphatic rings. The fourth-order valence-electron chi connectivity index (χ4n) is 3.58. The molecule has 1 N–H and O–H groups in total. The van der Waals surface area contributed by atoms with Crippen molar-refractivity contribution >= 4 is 32.4 Å². The molecule has 1 aliphatic heterocycles. The predicted molar refractivity (Wildman–Crippen MR) is 106 cm³/mol. The highest BCUT2D eigenvalue weighted by molar-refractivity contribution is 7.89. The van der Waals surface area contributed by atoms with E-state index in [0.717, 1.165) is 27.6 Å². The molecular weight excluding hydrogens is 360 g/mol. The number of nitrogens with zero attached hydrogens (tertiary/aromatic N) is 1. The maximum Gasteiger partial charge on any atom is 0.240 e. The van der Waals surface area contributed by atoms with Gasteiger partial charge < -0.3 is 4.90 Å². The van der Waals surface area contributed by atoms with Crippen LogP contribution in [0.25, 0.3) is 10.8 Å². The normalized spacial score (nSPS) is 13.7. The maximum atomic E-state index is 12.8. The molecule has 3 aromatic carbocycles. The van der Waals surface area contributed by atoms with Gasteiger partial charge in [0.15, 0.2) is 0 Å². The van der Waals surface area contributed by atoms with Crippen LogP contribution in [0.5, 0.6) is 0 Å². The van der Waals surface area contributed by atoms with E-state index < -0.39 is 10.0 Å². The van der Waals surface area contributed by atoms with Gasteiger partial charge in [-0.15, -0.1) is 0 Å². The Morgan fingerprint density at radius 3 is 2.67 bits per heavy atom. The number of rotatable bonds is 4. The number of sulfonamides is 1. The third-order valence-electron chi connectivity index (χ3n) is 4.97.